The lowest BCUT2D eigenvalue weighted by molar-refractivity contribution is -0.166. The highest BCUT2D eigenvalue weighted by atomic mass is 79.9. The minimum absolute atomic E-state index is 0.00887. The van der Waals surface area contributed by atoms with E-state index in [4.69, 9.17) is 4.74 Å². The zero-order valence-electron chi connectivity index (χ0n) is 20.4. The molecule has 1 unspecified atom stereocenters. The van der Waals surface area contributed by atoms with Crippen molar-refractivity contribution in [2.75, 3.05) is 32.8 Å². The van der Waals surface area contributed by atoms with Crippen LogP contribution in [0.5, 0.6) is 0 Å². The number of para-hydroxylation sites is 1. The molecule has 0 saturated carbocycles. The lowest BCUT2D eigenvalue weighted by atomic mass is 9.76. The molecule has 2 aliphatic heterocycles. The van der Waals surface area contributed by atoms with Crippen molar-refractivity contribution >= 4 is 38.6 Å². The number of fused-ring (bicyclic) bond motifs is 5. The second kappa shape index (κ2) is 9.78. The lowest BCUT2D eigenvalue weighted by Gasteiger charge is -2.51. The first-order valence-electron chi connectivity index (χ1n) is 12.5. The molecule has 0 aliphatic carbocycles. The van der Waals surface area contributed by atoms with Gasteiger partial charge in [0.2, 0.25) is 5.91 Å². The van der Waals surface area contributed by atoms with Crippen LogP contribution in [0.2, 0.25) is 0 Å². The number of amides is 2. The van der Waals surface area contributed by atoms with Crippen LogP contribution in [0.4, 0.5) is 0 Å². The Morgan fingerprint density at radius 2 is 1.83 bits per heavy atom. The minimum Gasteiger partial charge on any atom is -0.381 e. The number of benzene rings is 2. The van der Waals surface area contributed by atoms with E-state index in [9.17, 15) is 9.59 Å². The molecule has 184 valence electrons. The van der Waals surface area contributed by atoms with E-state index in [1.807, 2.05) is 37.3 Å². The summed E-state index contributed by atoms with van der Waals surface area (Å²) >= 11 is 3.53. The number of rotatable bonds is 8. The molecule has 0 spiro atoms. The van der Waals surface area contributed by atoms with Crippen molar-refractivity contribution in [3.63, 3.8) is 0 Å². The molecule has 0 bridgehead atoms. The number of nitrogens with one attached hydrogen (secondary N) is 1. The van der Waals surface area contributed by atoms with E-state index >= 15 is 0 Å². The third kappa shape index (κ3) is 4.19. The minimum atomic E-state index is -1.06. The molecule has 3 aromatic rings. The molecule has 5 rings (SSSR count). The number of unbranched alkanes of at least 4 members (excludes halogenated alkanes) is 1. The zero-order chi connectivity index (χ0) is 24.6. The fraction of sp³-hybridized carbons (Fsp3) is 0.429. The van der Waals surface area contributed by atoms with Gasteiger partial charge in [0.25, 0.3) is 5.91 Å². The van der Waals surface area contributed by atoms with Crippen LogP contribution in [0, 0.1) is 0 Å². The van der Waals surface area contributed by atoms with Crippen molar-refractivity contribution in [2.24, 2.45) is 0 Å². The molecule has 35 heavy (non-hydrogen) atoms. The number of halogens is 1. The Hall–Kier alpha value is -2.64. The Labute approximate surface area is 214 Å². The van der Waals surface area contributed by atoms with Crippen LogP contribution >= 0.6 is 15.9 Å². The van der Waals surface area contributed by atoms with Crippen molar-refractivity contribution < 1.29 is 14.3 Å². The van der Waals surface area contributed by atoms with Gasteiger partial charge in [0.05, 0.1) is 12.2 Å². The Balaban J connectivity index is 1.52. The number of aromatic nitrogens is 1. The molecular weight excluding hydrogens is 506 g/mol. The Morgan fingerprint density at radius 1 is 1.09 bits per heavy atom. The highest BCUT2D eigenvalue weighted by Gasteiger charge is 2.56. The van der Waals surface area contributed by atoms with Crippen molar-refractivity contribution in [2.45, 2.75) is 44.6 Å². The third-order valence-electron chi connectivity index (χ3n) is 7.45. The van der Waals surface area contributed by atoms with Crippen LogP contribution < -0.4 is 0 Å². The van der Waals surface area contributed by atoms with Crippen LogP contribution in [-0.4, -0.2) is 59.4 Å². The zero-order valence-corrected chi connectivity index (χ0v) is 21.9. The predicted molar refractivity (Wildman–Crippen MR) is 140 cm³/mol. The molecule has 6 nitrogen and oxygen atoms in total. The van der Waals surface area contributed by atoms with Crippen LogP contribution in [0.25, 0.3) is 10.9 Å². The number of hydrogen-bond donors (Lipinski definition) is 1. The maximum absolute atomic E-state index is 14.0. The maximum Gasteiger partial charge on any atom is 0.254 e. The summed E-state index contributed by atoms with van der Waals surface area (Å²) in [7, 11) is 0. The van der Waals surface area contributed by atoms with Gasteiger partial charge in [-0.3, -0.25) is 9.59 Å². The molecule has 0 radical (unpaired) electrons. The quantitative estimate of drug-likeness (QED) is 0.403. The van der Waals surface area contributed by atoms with Crippen molar-refractivity contribution in [3.05, 3.63) is 69.8 Å². The Kier molecular flexibility index (Phi) is 6.73. The number of aromatic amines is 1. The van der Waals surface area contributed by atoms with Gasteiger partial charge in [0, 0.05) is 47.6 Å². The van der Waals surface area contributed by atoms with Gasteiger partial charge in [-0.2, -0.15) is 0 Å². The standard InChI is InChI=1S/C28H32BrN3O3/c1-3-4-15-35-16-7-14-31-18-24(33)32-17-22(19-10-12-20(29)13-11-19)25-21-8-5-6-9-23(21)30-26(25)28(32,2)27(31)34/h5-6,8-13,22,30H,3-4,7,14-18H2,1-2H3/t22?,28-/m0/s1. The summed E-state index contributed by atoms with van der Waals surface area (Å²) in [6, 6.07) is 16.4. The summed E-state index contributed by atoms with van der Waals surface area (Å²) in [4.78, 5) is 34.6. The van der Waals surface area contributed by atoms with Gasteiger partial charge in [-0.05, 0) is 49.1 Å². The first-order valence-corrected chi connectivity index (χ1v) is 13.3. The van der Waals surface area contributed by atoms with Gasteiger partial charge in [-0.25, -0.2) is 0 Å². The largest absolute Gasteiger partial charge is 0.381 e. The molecule has 3 heterocycles. The predicted octanol–water partition coefficient (Wildman–Crippen LogP) is 5.17. The normalized spacial score (nSPS) is 22.0. The highest BCUT2D eigenvalue weighted by molar-refractivity contribution is 9.10. The van der Waals surface area contributed by atoms with Gasteiger partial charge < -0.3 is 19.5 Å². The van der Waals surface area contributed by atoms with Crippen molar-refractivity contribution in [3.8, 4) is 0 Å². The molecular formula is C28H32BrN3O3. The van der Waals surface area contributed by atoms with E-state index in [2.05, 4.69) is 46.0 Å². The molecule has 2 aliphatic rings. The molecule has 2 amide bonds. The number of piperazine rings is 1. The van der Waals surface area contributed by atoms with Gasteiger partial charge in [-0.15, -0.1) is 0 Å². The second-order valence-electron chi connectivity index (χ2n) is 9.69. The number of nitrogens with zero attached hydrogens (tertiary/aromatic N) is 2. The van der Waals surface area contributed by atoms with Crippen LogP contribution in [0.3, 0.4) is 0 Å². The molecule has 2 atom stereocenters. The number of carbonyl (C=O) groups excluding carboxylic acids is 2. The first-order chi connectivity index (χ1) is 16.9. The van der Waals surface area contributed by atoms with E-state index < -0.39 is 5.54 Å². The van der Waals surface area contributed by atoms with E-state index in [1.165, 1.54) is 0 Å². The van der Waals surface area contributed by atoms with Crippen molar-refractivity contribution in [1.82, 2.24) is 14.8 Å². The monoisotopic (exact) mass is 537 g/mol. The van der Waals surface area contributed by atoms with Crippen LogP contribution in [0.1, 0.15) is 55.8 Å². The smallest absolute Gasteiger partial charge is 0.254 e. The summed E-state index contributed by atoms with van der Waals surface area (Å²) in [5, 5.41) is 1.11. The molecule has 1 aromatic heterocycles. The fourth-order valence-corrected chi connectivity index (χ4v) is 5.82. The van der Waals surface area contributed by atoms with Crippen LogP contribution in [-0.2, 0) is 19.9 Å². The molecule has 1 N–H and O–H groups in total. The van der Waals surface area contributed by atoms with E-state index in [1.54, 1.807) is 9.80 Å². The van der Waals surface area contributed by atoms with Crippen molar-refractivity contribution in [1.29, 1.82) is 0 Å². The first kappa shape index (κ1) is 24.1. The third-order valence-corrected chi connectivity index (χ3v) is 7.98. The highest BCUT2D eigenvalue weighted by Crippen LogP contribution is 2.48. The maximum atomic E-state index is 14.0. The summed E-state index contributed by atoms with van der Waals surface area (Å²) < 4.78 is 6.70. The SMILES string of the molecule is CCCCOCCCN1CC(=O)N2CC(c3ccc(Br)cc3)c3c([nH]c4ccccc34)[C@@]2(C)C1=O. The summed E-state index contributed by atoms with van der Waals surface area (Å²) in [6.07, 6.45) is 2.86. The summed E-state index contributed by atoms with van der Waals surface area (Å²) in [6.45, 7) is 6.50. The van der Waals surface area contributed by atoms with Gasteiger partial charge in [0.15, 0.2) is 5.54 Å². The Morgan fingerprint density at radius 3 is 2.60 bits per heavy atom. The molecule has 7 heteroatoms. The number of ether oxygens (including phenoxy) is 1. The summed E-state index contributed by atoms with van der Waals surface area (Å²) in [5.74, 6) is -0.0456. The van der Waals surface area contributed by atoms with E-state index in [0.29, 0.717) is 19.7 Å². The van der Waals surface area contributed by atoms with E-state index in [0.717, 1.165) is 58.1 Å². The number of hydrogen-bond acceptors (Lipinski definition) is 3. The van der Waals surface area contributed by atoms with Gasteiger partial charge >= 0.3 is 0 Å². The molecule has 1 saturated heterocycles. The summed E-state index contributed by atoms with van der Waals surface area (Å²) in [5.41, 5.74) is 3.02. The van der Waals surface area contributed by atoms with Crippen LogP contribution in [0.15, 0.2) is 53.0 Å². The lowest BCUT2D eigenvalue weighted by Crippen LogP contribution is -2.67. The number of carbonyl (C=O) groups is 2. The fourth-order valence-electron chi connectivity index (χ4n) is 5.56. The van der Waals surface area contributed by atoms with Gasteiger partial charge in [-0.1, -0.05) is 59.6 Å². The molecule has 2 aromatic carbocycles. The second-order valence-corrected chi connectivity index (χ2v) is 10.6. The average Bonchev–Trinajstić information content (AvgIpc) is 3.26. The van der Waals surface area contributed by atoms with Gasteiger partial charge in [0.1, 0.15) is 0 Å². The number of H-pyrrole nitrogens is 1. The average molecular weight is 538 g/mol. The molecule has 1 fully saturated rings. The topological polar surface area (TPSA) is 65.6 Å². The Bertz CT molecular complexity index is 1240. The van der Waals surface area contributed by atoms with E-state index in [-0.39, 0.29) is 24.3 Å².